The van der Waals surface area contributed by atoms with E-state index in [9.17, 15) is 18.0 Å². The molecular formula is C16H22ClF3N2O. The van der Waals surface area contributed by atoms with Gasteiger partial charge in [0.25, 0.3) is 0 Å². The summed E-state index contributed by atoms with van der Waals surface area (Å²) in [6, 6.07) is 4.96. The van der Waals surface area contributed by atoms with Crippen molar-refractivity contribution >= 4 is 18.3 Å². The molecule has 3 N–H and O–H groups in total. The van der Waals surface area contributed by atoms with Gasteiger partial charge < -0.3 is 11.1 Å². The first kappa shape index (κ1) is 19.8. The van der Waals surface area contributed by atoms with Crippen LogP contribution in [0.3, 0.4) is 0 Å². The van der Waals surface area contributed by atoms with Crippen molar-refractivity contribution in [3.63, 3.8) is 0 Å². The smallest absolute Gasteiger partial charge is 0.355 e. The average molecular weight is 351 g/mol. The minimum atomic E-state index is -4.34. The summed E-state index contributed by atoms with van der Waals surface area (Å²) in [6.07, 6.45) is -1.85. The third kappa shape index (κ3) is 6.03. The fraction of sp³-hybridized carbons (Fsp3) is 0.562. The van der Waals surface area contributed by atoms with Crippen LogP contribution < -0.4 is 11.1 Å². The number of nitrogens with one attached hydrogen (secondary N) is 1. The molecule has 1 amide bonds. The van der Waals surface area contributed by atoms with Gasteiger partial charge in [0, 0.05) is 19.0 Å². The number of halogens is 4. The van der Waals surface area contributed by atoms with Gasteiger partial charge in [-0.15, -0.1) is 12.4 Å². The highest BCUT2D eigenvalue weighted by atomic mass is 35.5. The Morgan fingerprint density at radius 3 is 2.35 bits per heavy atom. The van der Waals surface area contributed by atoms with Crippen molar-refractivity contribution in [2.24, 2.45) is 11.7 Å². The molecule has 0 aromatic heterocycles. The van der Waals surface area contributed by atoms with Crippen LogP contribution in [0, 0.1) is 5.92 Å². The zero-order valence-corrected chi connectivity index (χ0v) is 13.7. The van der Waals surface area contributed by atoms with E-state index in [0.717, 1.165) is 30.5 Å². The minimum Gasteiger partial charge on any atom is -0.355 e. The monoisotopic (exact) mass is 350 g/mol. The second kappa shape index (κ2) is 8.02. The lowest BCUT2D eigenvalue weighted by Gasteiger charge is -2.15. The molecule has 1 fully saturated rings. The summed E-state index contributed by atoms with van der Waals surface area (Å²) in [5.74, 6) is 0.260. The Bertz CT molecular complexity index is 515. The zero-order chi connectivity index (χ0) is 16.3. The standard InChI is InChI=1S/C16H21F3N2O.ClH/c1-10(8-15(22)21-9-14(20)12-2-3-12)11-4-6-13(7-5-11)16(17,18)19;/h4-7,10,12,14H,2-3,8-9,20H2,1H3,(H,21,22);1H. The van der Waals surface area contributed by atoms with E-state index in [-0.39, 0.29) is 36.7 Å². The molecule has 3 nitrogen and oxygen atoms in total. The van der Waals surface area contributed by atoms with E-state index >= 15 is 0 Å². The molecule has 1 aliphatic carbocycles. The molecule has 130 valence electrons. The number of nitrogens with two attached hydrogens (primary N) is 1. The van der Waals surface area contributed by atoms with Gasteiger partial charge in [-0.2, -0.15) is 13.2 Å². The van der Waals surface area contributed by atoms with Crippen molar-refractivity contribution in [2.45, 2.75) is 44.3 Å². The highest BCUT2D eigenvalue weighted by Crippen LogP contribution is 2.31. The maximum atomic E-state index is 12.5. The van der Waals surface area contributed by atoms with Gasteiger partial charge in [0.1, 0.15) is 0 Å². The number of carbonyl (C=O) groups is 1. The van der Waals surface area contributed by atoms with E-state index < -0.39 is 11.7 Å². The summed E-state index contributed by atoms with van der Waals surface area (Å²) in [4.78, 5) is 11.9. The van der Waals surface area contributed by atoms with Gasteiger partial charge in [-0.25, -0.2) is 0 Å². The summed E-state index contributed by atoms with van der Waals surface area (Å²) in [7, 11) is 0. The molecule has 2 atom stereocenters. The minimum absolute atomic E-state index is 0. The first-order valence-corrected chi connectivity index (χ1v) is 7.47. The van der Waals surface area contributed by atoms with Crippen molar-refractivity contribution in [3.8, 4) is 0 Å². The molecule has 2 unspecified atom stereocenters. The third-order valence-corrected chi connectivity index (χ3v) is 4.06. The lowest BCUT2D eigenvalue weighted by Crippen LogP contribution is -2.38. The Balaban J connectivity index is 0.00000264. The molecule has 1 aromatic carbocycles. The number of alkyl halides is 3. The van der Waals surface area contributed by atoms with Crippen molar-refractivity contribution in [1.29, 1.82) is 0 Å². The Morgan fingerprint density at radius 2 is 1.87 bits per heavy atom. The number of amides is 1. The van der Waals surface area contributed by atoms with E-state index in [1.165, 1.54) is 12.1 Å². The Hall–Kier alpha value is -1.27. The van der Waals surface area contributed by atoms with Gasteiger partial charge >= 0.3 is 6.18 Å². The molecule has 0 bridgehead atoms. The maximum Gasteiger partial charge on any atom is 0.416 e. The molecule has 0 spiro atoms. The fourth-order valence-electron chi connectivity index (χ4n) is 2.39. The summed E-state index contributed by atoms with van der Waals surface area (Å²) in [6.45, 7) is 2.28. The number of carbonyl (C=O) groups excluding carboxylic acids is 1. The summed E-state index contributed by atoms with van der Waals surface area (Å²) in [5, 5.41) is 2.80. The maximum absolute atomic E-state index is 12.5. The summed E-state index contributed by atoms with van der Waals surface area (Å²) < 4.78 is 37.5. The number of rotatable bonds is 6. The van der Waals surface area contributed by atoms with Crippen LogP contribution in [0.5, 0.6) is 0 Å². The molecule has 0 aliphatic heterocycles. The van der Waals surface area contributed by atoms with Crippen LogP contribution in [0.1, 0.15) is 43.2 Å². The van der Waals surface area contributed by atoms with E-state index in [2.05, 4.69) is 5.32 Å². The Morgan fingerprint density at radius 1 is 1.30 bits per heavy atom. The third-order valence-electron chi connectivity index (χ3n) is 4.06. The molecule has 0 heterocycles. The van der Waals surface area contributed by atoms with Gasteiger partial charge in [-0.05, 0) is 42.4 Å². The fourth-order valence-corrected chi connectivity index (χ4v) is 2.39. The highest BCUT2D eigenvalue weighted by molar-refractivity contribution is 5.85. The first-order valence-electron chi connectivity index (χ1n) is 7.47. The Kier molecular flexibility index (Phi) is 6.89. The molecule has 2 rings (SSSR count). The van der Waals surface area contributed by atoms with Gasteiger partial charge in [-0.3, -0.25) is 4.79 Å². The van der Waals surface area contributed by atoms with Gasteiger partial charge in [-0.1, -0.05) is 19.1 Å². The lowest BCUT2D eigenvalue weighted by atomic mass is 9.96. The molecule has 7 heteroatoms. The van der Waals surface area contributed by atoms with Crippen molar-refractivity contribution in [3.05, 3.63) is 35.4 Å². The van der Waals surface area contributed by atoms with Crippen LogP contribution in [0.15, 0.2) is 24.3 Å². The van der Waals surface area contributed by atoms with E-state index in [1.54, 1.807) is 0 Å². The van der Waals surface area contributed by atoms with Crippen molar-refractivity contribution in [1.82, 2.24) is 5.32 Å². The average Bonchev–Trinajstić information content (AvgIpc) is 3.28. The molecule has 1 saturated carbocycles. The summed E-state index contributed by atoms with van der Waals surface area (Å²) >= 11 is 0. The summed E-state index contributed by atoms with van der Waals surface area (Å²) in [5.41, 5.74) is 5.95. The Labute approximate surface area is 140 Å². The predicted octanol–water partition coefficient (Wildman–Crippen LogP) is 3.47. The van der Waals surface area contributed by atoms with E-state index in [4.69, 9.17) is 5.73 Å². The van der Waals surface area contributed by atoms with E-state index in [0.29, 0.717) is 12.5 Å². The SMILES string of the molecule is CC(CC(=O)NCC(N)C1CC1)c1ccc(C(F)(F)F)cc1.Cl. The quantitative estimate of drug-likeness (QED) is 0.825. The highest BCUT2D eigenvalue weighted by Gasteiger charge is 2.30. The molecule has 0 radical (unpaired) electrons. The van der Waals surface area contributed by atoms with Crippen LogP contribution in [0.4, 0.5) is 13.2 Å². The van der Waals surface area contributed by atoms with Crippen molar-refractivity contribution < 1.29 is 18.0 Å². The second-order valence-corrected chi connectivity index (χ2v) is 6.03. The van der Waals surface area contributed by atoms with Crippen molar-refractivity contribution in [2.75, 3.05) is 6.54 Å². The first-order chi connectivity index (χ1) is 10.3. The number of benzene rings is 1. The predicted molar refractivity (Wildman–Crippen MR) is 85.4 cm³/mol. The van der Waals surface area contributed by atoms with Gasteiger partial charge in [0.15, 0.2) is 0 Å². The van der Waals surface area contributed by atoms with Crippen LogP contribution in [-0.2, 0) is 11.0 Å². The zero-order valence-electron chi connectivity index (χ0n) is 12.9. The van der Waals surface area contributed by atoms with E-state index in [1.807, 2.05) is 6.92 Å². The number of hydrogen-bond donors (Lipinski definition) is 2. The van der Waals surface area contributed by atoms with Crippen LogP contribution in [0.25, 0.3) is 0 Å². The number of hydrogen-bond acceptors (Lipinski definition) is 2. The molecular weight excluding hydrogens is 329 g/mol. The lowest BCUT2D eigenvalue weighted by molar-refractivity contribution is -0.137. The molecule has 1 aromatic rings. The van der Waals surface area contributed by atoms with Gasteiger partial charge in [0.2, 0.25) is 5.91 Å². The molecule has 23 heavy (non-hydrogen) atoms. The molecule has 1 aliphatic rings. The van der Waals surface area contributed by atoms with Crippen LogP contribution >= 0.6 is 12.4 Å². The second-order valence-electron chi connectivity index (χ2n) is 6.03. The van der Waals surface area contributed by atoms with Crippen LogP contribution in [0.2, 0.25) is 0 Å². The van der Waals surface area contributed by atoms with Crippen LogP contribution in [-0.4, -0.2) is 18.5 Å². The molecule has 0 saturated heterocycles. The largest absolute Gasteiger partial charge is 0.416 e. The normalized spacial score (nSPS) is 17.1. The van der Waals surface area contributed by atoms with Gasteiger partial charge in [0.05, 0.1) is 5.56 Å². The topological polar surface area (TPSA) is 55.1 Å².